The molecule has 0 heterocycles. The Kier molecular flexibility index (Phi) is 5.91. The van der Waals surface area contributed by atoms with Gasteiger partial charge in [-0.25, -0.2) is 0 Å². The van der Waals surface area contributed by atoms with E-state index in [0.29, 0.717) is 6.04 Å². The van der Waals surface area contributed by atoms with Gasteiger partial charge in [0.15, 0.2) is 0 Å². The predicted molar refractivity (Wildman–Crippen MR) is 83.6 cm³/mol. The molecule has 0 aliphatic heterocycles. The lowest BCUT2D eigenvalue weighted by atomic mass is 10.0. The van der Waals surface area contributed by atoms with Gasteiger partial charge in [-0.05, 0) is 50.2 Å². The first-order valence-corrected chi connectivity index (χ1v) is 8.12. The maximum atomic E-state index is 3.67. The summed E-state index contributed by atoms with van der Waals surface area (Å²) < 4.78 is 0. The van der Waals surface area contributed by atoms with Gasteiger partial charge in [0.25, 0.3) is 0 Å². The van der Waals surface area contributed by atoms with Gasteiger partial charge >= 0.3 is 0 Å². The molecule has 0 amide bonds. The van der Waals surface area contributed by atoms with Crippen LogP contribution in [0, 0.1) is 0 Å². The maximum absolute atomic E-state index is 3.67. The van der Waals surface area contributed by atoms with Gasteiger partial charge in [-0.3, -0.25) is 0 Å². The van der Waals surface area contributed by atoms with Crippen LogP contribution in [0.1, 0.15) is 63.5 Å². The van der Waals surface area contributed by atoms with Crippen molar-refractivity contribution in [1.29, 1.82) is 0 Å². The van der Waals surface area contributed by atoms with Crippen LogP contribution in [0.25, 0.3) is 0 Å². The second kappa shape index (κ2) is 7.69. The van der Waals surface area contributed by atoms with E-state index in [1.54, 1.807) is 0 Å². The van der Waals surface area contributed by atoms with Crippen LogP contribution in [-0.2, 0) is 12.8 Å². The van der Waals surface area contributed by atoms with E-state index in [0.717, 1.165) is 12.5 Å². The van der Waals surface area contributed by atoms with E-state index in [9.17, 15) is 0 Å². The number of hydrogen-bond donors (Lipinski definition) is 1. The fourth-order valence-corrected chi connectivity index (χ4v) is 2.66. The minimum absolute atomic E-state index is 0.614. The number of unbranched alkanes of at least 4 members (excludes halogenated alkanes) is 3. The van der Waals surface area contributed by atoms with Gasteiger partial charge in [0.2, 0.25) is 0 Å². The quantitative estimate of drug-likeness (QED) is 0.644. The van der Waals surface area contributed by atoms with Gasteiger partial charge in [-0.15, -0.1) is 0 Å². The van der Waals surface area contributed by atoms with Crippen molar-refractivity contribution in [3.8, 4) is 0 Å². The van der Waals surface area contributed by atoms with Gasteiger partial charge in [0, 0.05) is 12.1 Å². The first-order valence-electron chi connectivity index (χ1n) is 8.12. The Labute approximate surface area is 118 Å². The first kappa shape index (κ1) is 14.6. The van der Waals surface area contributed by atoms with Gasteiger partial charge < -0.3 is 5.32 Å². The summed E-state index contributed by atoms with van der Waals surface area (Å²) in [6.45, 7) is 4.57. The van der Waals surface area contributed by atoms with Crippen LogP contribution >= 0.6 is 0 Å². The molecule has 0 bridgehead atoms. The van der Waals surface area contributed by atoms with Crippen LogP contribution in [0.4, 0.5) is 0 Å². The largest absolute Gasteiger partial charge is 0.311 e. The molecule has 2 rings (SSSR count). The average molecular weight is 259 g/mol. The molecule has 1 unspecified atom stereocenters. The molecule has 1 aromatic rings. The zero-order valence-electron chi connectivity index (χ0n) is 12.6. The molecule has 0 aromatic heterocycles. The second-order valence-corrected chi connectivity index (χ2v) is 6.17. The molecular weight excluding hydrogens is 230 g/mol. The molecular formula is C18H29N. The Morgan fingerprint density at radius 3 is 2.37 bits per heavy atom. The standard InChI is InChI=1S/C18H29N/c1-3-4-5-6-7-16-8-10-17(11-9-16)14-15(2)19-18-12-13-18/h8-11,15,18-19H,3-7,12-14H2,1-2H3. The van der Waals surface area contributed by atoms with Gasteiger partial charge in [0.1, 0.15) is 0 Å². The summed E-state index contributed by atoms with van der Waals surface area (Å²) in [5, 5.41) is 3.67. The van der Waals surface area contributed by atoms with Crippen molar-refractivity contribution in [3.63, 3.8) is 0 Å². The molecule has 106 valence electrons. The van der Waals surface area contributed by atoms with Crippen molar-refractivity contribution < 1.29 is 0 Å². The summed E-state index contributed by atoms with van der Waals surface area (Å²) >= 11 is 0. The molecule has 1 fully saturated rings. The Morgan fingerprint density at radius 2 is 1.74 bits per heavy atom. The molecule has 1 aliphatic rings. The van der Waals surface area contributed by atoms with Gasteiger partial charge in [-0.1, -0.05) is 50.5 Å². The van der Waals surface area contributed by atoms with Crippen LogP contribution in [0.2, 0.25) is 0 Å². The summed E-state index contributed by atoms with van der Waals surface area (Å²) in [4.78, 5) is 0. The minimum Gasteiger partial charge on any atom is -0.311 e. The molecule has 0 radical (unpaired) electrons. The molecule has 1 aliphatic carbocycles. The Hall–Kier alpha value is -0.820. The molecule has 1 heteroatoms. The van der Waals surface area contributed by atoms with E-state index < -0.39 is 0 Å². The monoisotopic (exact) mass is 259 g/mol. The van der Waals surface area contributed by atoms with Crippen molar-refractivity contribution in [1.82, 2.24) is 5.32 Å². The third-order valence-electron chi connectivity index (χ3n) is 3.98. The van der Waals surface area contributed by atoms with E-state index in [2.05, 4.69) is 43.4 Å². The summed E-state index contributed by atoms with van der Waals surface area (Å²) in [5.41, 5.74) is 2.97. The first-order chi connectivity index (χ1) is 9.28. The minimum atomic E-state index is 0.614. The second-order valence-electron chi connectivity index (χ2n) is 6.17. The summed E-state index contributed by atoms with van der Waals surface area (Å²) in [6.07, 6.45) is 10.6. The predicted octanol–water partition coefficient (Wildman–Crippen LogP) is 4.49. The SMILES string of the molecule is CCCCCCc1ccc(CC(C)NC2CC2)cc1. The van der Waals surface area contributed by atoms with Crippen LogP contribution in [-0.4, -0.2) is 12.1 Å². The van der Waals surface area contributed by atoms with Crippen molar-refractivity contribution in [2.75, 3.05) is 0 Å². The molecule has 1 aromatic carbocycles. The van der Waals surface area contributed by atoms with E-state index in [4.69, 9.17) is 0 Å². The lowest BCUT2D eigenvalue weighted by Crippen LogP contribution is -2.29. The molecule has 1 atom stereocenters. The number of benzene rings is 1. The molecule has 1 nitrogen and oxygen atoms in total. The highest BCUT2D eigenvalue weighted by Gasteiger charge is 2.22. The molecule has 1 N–H and O–H groups in total. The van der Waals surface area contributed by atoms with E-state index >= 15 is 0 Å². The highest BCUT2D eigenvalue weighted by Crippen LogP contribution is 2.20. The zero-order chi connectivity index (χ0) is 13.5. The number of rotatable bonds is 9. The van der Waals surface area contributed by atoms with Crippen LogP contribution < -0.4 is 5.32 Å². The van der Waals surface area contributed by atoms with Crippen molar-refractivity contribution in [3.05, 3.63) is 35.4 Å². The molecule has 0 spiro atoms. The van der Waals surface area contributed by atoms with E-state index in [-0.39, 0.29) is 0 Å². The van der Waals surface area contributed by atoms with Gasteiger partial charge in [0.05, 0.1) is 0 Å². The third-order valence-corrected chi connectivity index (χ3v) is 3.98. The Bertz CT molecular complexity index is 350. The smallest absolute Gasteiger partial charge is 0.00817 e. The van der Waals surface area contributed by atoms with Crippen molar-refractivity contribution in [2.45, 2.75) is 77.3 Å². The fourth-order valence-electron chi connectivity index (χ4n) is 2.66. The lowest BCUT2D eigenvalue weighted by Gasteiger charge is -2.13. The van der Waals surface area contributed by atoms with E-state index in [1.165, 1.54) is 56.1 Å². The van der Waals surface area contributed by atoms with Crippen molar-refractivity contribution >= 4 is 0 Å². The maximum Gasteiger partial charge on any atom is 0.00817 e. The highest BCUT2D eigenvalue weighted by atomic mass is 15.0. The molecule has 19 heavy (non-hydrogen) atoms. The lowest BCUT2D eigenvalue weighted by molar-refractivity contribution is 0.542. The van der Waals surface area contributed by atoms with Crippen LogP contribution in [0.15, 0.2) is 24.3 Å². The van der Waals surface area contributed by atoms with Crippen LogP contribution in [0.3, 0.4) is 0 Å². The fraction of sp³-hybridized carbons (Fsp3) is 0.667. The van der Waals surface area contributed by atoms with Crippen LogP contribution in [0.5, 0.6) is 0 Å². The normalized spacial score (nSPS) is 16.5. The van der Waals surface area contributed by atoms with Gasteiger partial charge in [-0.2, -0.15) is 0 Å². The van der Waals surface area contributed by atoms with E-state index in [1.807, 2.05) is 0 Å². The number of hydrogen-bond acceptors (Lipinski definition) is 1. The molecule has 0 saturated heterocycles. The Balaban J connectivity index is 1.70. The van der Waals surface area contributed by atoms with Crippen molar-refractivity contribution in [2.24, 2.45) is 0 Å². The third kappa shape index (κ3) is 5.78. The topological polar surface area (TPSA) is 12.0 Å². The highest BCUT2D eigenvalue weighted by molar-refractivity contribution is 5.23. The number of nitrogens with one attached hydrogen (secondary N) is 1. The zero-order valence-corrected chi connectivity index (χ0v) is 12.6. The number of aryl methyl sites for hydroxylation is 1. The summed E-state index contributed by atoms with van der Waals surface area (Å²) in [7, 11) is 0. The summed E-state index contributed by atoms with van der Waals surface area (Å²) in [5.74, 6) is 0. The Morgan fingerprint density at radius 1 is 1.05 bits per heavy atom. The summed E-state index contributed by atoms with van der Waals surface area (Å²) in [6, 6.07) is 10.7. The average Bonchev–Trinajstić information content (AvgIpc) is 3.20. The molecule has 1 saturated carbocycles.